The lowest BCUT2D eigenvalue weighted by Gasteiger charge is -2.05. The van der Waals surface area contributed by atoms with Crippen LogP contribution in [0.3, 0.4) is 0 Å². The minimum absolute atomic E-state index is 0.0833. The average molecular weight is 268 g/mol. The minimum Gasteiger partial charge on any atom is -0.309 e. The maximum atomic E-state index is 10.7. The molecule has 0 fully saturated rings. The van der Waals surface area contributed by atoms with Crippen LogP contribution >= 0.6 is 0 Å². The molecule has 0 saturated carbocycles. The number of nitro benzene ring substituents is 1. The molecule has 0 atom stereocenters. The van der Waals surface area contributed by atoms with E-state index in [1.165, 1.54) is 6.07 Å². The molecule has 0 aliphatic carbocycles. The van der Waals surface area contributed by atoms with Crippen molar-refractivity contribution < 1.29 is 4.92 Å². The Balaban J connectivity index is 1.94. The van der Waals surface area contributed by atoms with Gasteiger partial charge >= 0.3 is 0 Å². The zero-order valence-corrected chi connectivity index (χ0v) is 10.6. The molecule has 1 heterocycles. The molecule has 2 rings (SSSR count). The second-order valence-corrected chi connectivity index (χ2v) is 4.19. The van der Waals surface area contributed by atoms with Crippen LogP contribution in [0.2, 0.25) is 0 Å². The van der Waals surface area contributed by atoms with Crippen molar-refractivity contribution in [3.8, 4) is 6.07 Å². The molecule has 0 aliphatic heterocycles. The molecule has 2 aromatic rings. The smallest absolute Gasteiger partial charge is 0.269 e. The summed E-state index contributed by atoms with van der Waals surface area (Å²) in [4.78, 5) is 14.1. The molecule has 0 bridgehead atoms. The molecule has 100 valence electrons. The van der Waals surface area contributed by atoms with Crippen molar-refractivity contribution >= 4 is 5.69 Å². The van der Waals surface area contributed by atoms with Gasteiger partial charge in [0.15, 0.2) is 0 Å². The third-order valence-corrected chi connectivity index (χ3v) is 2.72. The number of nitriles is 1. The van der Waals surface area contributed by atoms with Crippen LogP contribution in [0.5, 0.6) is 0 Å². The van der Waals surface area contributed by atoms with E-state index in [4.69, 9.17) is 5.26 Å². The number of pyridine rings is 1. The Labute approximate surface area is 115 Å². The Bertz CT molecular complexity index is 664. The van der Waals surface area contributed by atoms with Gasteiger partial charge in [-0.1, -0.05) is 12.1 Å². The van der Waals surface area contributed by atoms with Gasteiger partial charge in [0.2, 0.25) is 0 Å². The predicted molar refractivity (Wildman–Crippen MR) is 72.6 cm³/mol. The SMILES string of the molecule is N#Cc1cc(CNCc2cccc([N+](=O)[O-])c2)ccn1. The Hall–Kier alpha value is -2.78. The Morgan fingerprint density at radius 2 is 2.00 bits per heavy atom. The molecule has 1 N–H and O–H groups in total. The summed E-state index contributed by atoms with van der Waals surface area (Å²) in [6, 6.07) is 12.0. The Kier molecular flexibility index (Phi) is 4.37. The average Bonchev–Trinajstić information content (AvgIpc) is 2.48. The minimum atomic E-state index is -0.411. The van der Waals surface area contributed by atoms with E-state index in [0.717, 1.165) is 11.1 Å². The van der Waals surface area contributed by atoms with Gasteiger partial charge in [0.25, 0.3) is 5.69 Å². The highest BCUT2D eigenvalue weighted by molar-refractivity contribution is 5.34. The lowest BCUT2D eigenvalue weighted by molar-refractivity contribution is -0.384. The van der Waals surface area contributed by atoms with Crippen LogP contribution in [0.1, 0.15) is 16.8 Å². The summed E-state index contributed by atoms with van der Waals surface area (Å²) in [6.07, 6.45) is 1.59. The van der Waals surface area contributed by atoms with Crippen molar-refractivity contribution in [3.63, 3.8) is 0 Å². The Morgan fingerprint density at radius 1 is 1.25 bits per heavy atom. The maximum Gasteiger partial charge on any atom is 0.269 e. The van der Waals surface area contributed by atoms with Gasteiger partial charge in [0, 0.05) is 31.4 Å². The van der Waals surface area contributed by atoms with Gasteiger partial charge in [-0.05, 0) is 23.3 Å². The topological polar surface area (TPSA) is 91.8 Å². The summed E-state index contributed by atoms with van der Waals surface area (Å²) < 4.78 is 0. The lowest BCUT2D eigenvalue weighted by Crippen LogP contribution is -2.13. The normalized spacial score (nSPS) is 9.95. The van der Waals surface area contributed by atoms with Crippen molar-refractivity contribution in [2.45, 2.75) is 13.1 Å². The van der Waals surface area contributed by atoms with Crippen molar-refractivity contribution in [3.05, 3.63) is 69.5 Å². The van der Waals surface area contributed by atoms with Gasteiger partial charge in [-0.15, -0.1) is 0 Å². The number of hydrogen-bond donors (Lipinski definition) is 1. The number of rotatable bonds is 5. The van der Waals surface area contributed by atoms with E-state index in [-0.39, 0.29) is 5.69 Å². The lowest BCUT2D eigenvalue weighted by atomic mass is 10.2. The highest BCUT2D eigenvalue weighted by atomic mass is 16.6. The zero-order chi connectivity index (χ0) is 14.4. The standard InChI is InChI=1S/C14H12N4O2/c15-8-13-6-12(4-5-17-13)10-16-9-11-2-1-3-14(7-11)18(19)20/h1-7,16H,9-10H2. The molecule has 20 heavy (non-hydrogen) atoms. The van der Waals surface area contributed by atoms with E-state index in [9.17, 15) is 10.1 Å². The fourth-order valence-corrected chi connectivity index (χ4v) is 1.78. The van der Waals surface area contributed by atoms with Gasteiger partial charge in [0.1, 0.15) is 11.8 Å². The van der Waals surface area contributed by atoms with Gasteiger partial charge < -0.3 is 5.32 Å². The summed E-state index contributed by atoms with van der Waals surface area (Å²) in [6.45, 7) is 1.09. The van der Waals surface area contributed by atoms with Crippen LogP contribution in [-0.4, -0.2) is 9.91 Å². The molecule has 1 aromatic heterocycles. The van der Waals surface area contributed by atoms with E-state index in [1.54, 1.807) is 24.4 Å². The summed E-state index contributed by atoms with van der Waals surface area (Å²) in [5.41, 5.74) is 2.25. The molecule has 6 heteroatoms. The first kappa shape index (κ1) is 13.6. The largest absolute Gasteiger partial charge is 0.309 e. The Morgan fingerprint density at radius 3 is 2.70 bits per heavy atom. The third kappa shape index (κ3) is 3.60. The quantitative estimate of drug-likeness (QED) is 0.662. The first-order valence-electron chi connectivity index (χ1n) is 5.98. The van der Waals surface area contributed by atoms with Crippen LogP contribution in [0.15, 0.2) is 42.6 Å². The zero-order valence-electron chi connectivity index (χ0n) is 10.6. The highest BCUT2D eigenvalue weighted by Crippen LogP contribution is 2.13. The number of benzene rings is 1. The molecule has 0 spiro atoms. The van der Waals surface area contributed by atoms with Crippen LogP contribution in [0.4, 0.5) is 5.69 Å². The van der Waals surface area contributed by atoms with E-state index >= 15 is 0 Å². The fourth-order valence-electron chi connectivity index (χ4n) is 1.78. The third-order valence-electron chi connectivity index (χ3n) is 2.72. The predicted octanol–water partition coefficient (Wildman–Crippen LogP) is 2.15. The highest BCUT2D eigenvalue weighted by Gasteiger charge is 2.05. The number of hydrogen-bond acceptors (Lipinski definition) is 5. The van der Waals surface area contributed by atoms with Crippen molar-refractivity contribution in [1.29, 1.82) is 5.26 Å². The summed E-state index contributed by atoms with van der Waals surface area (Å²) in [5, 5.41) is 22.6. The van der Waals surface area contributed by atoms with Crippen molar-refractivity contribution in [1.82, 2.24) is 10.3 Å². The summed E-state index contributed by atoms with van der Waals surface area (Å²) in [5.74, 6) is 0. The van der Waals surface area contributed by atoms with Crippen LogP contribution in [0, 0.1) is 21.4 Å². The van der Waals surface area contributed by atoms with Crippen LogP contribution in [0.25, 0.3) is 0 Å². The van der Waals surface area contributed by atoms with E-state index in [2.05, 4.69) is 10.3 Å². The van der Waals surface area contributed by atoms with Crippen molar-refractivity contribution in [2.24, 2.45) is 0 Å². The fraction of sp³-hybridized carbons (Fsp3) is 0.143. The molecule has 1 aromatic carbocycles. The molecular formula is C14H12N4O2. The molecular weight excluding hydrogens is 256 g/mol. The van der Waals surface area contributed by atoms with Gasteiger partial charge in [-0.25, -0.2) is 4.98 Å². The van der Waals surface area contributed by atoms with Crippen LogP contribution < -0.4 is 5.32 Å². The van der Waals surface area contributed by atoms with E-state index < -0.39 is 4.92 Å². The van der Waals surface area contributed by atoms with E-state index in [1.807, 2.05) is 18.2 Å². The molecule has 6 nitrogen and oxygen atoms in total. The first-order chi connectivity index (χ1) is 9.69. The number of non-ortho nitro benzene ring substituents is 1. The second-order valence-electron chi connectivity index (χ2n) is 4.19. The number of aromatic nitrogens is 1. The van der Waals surface area contributed by atoms with Crippen LogP contribution in [-0.2, 0) is 13.1 Å². The van der Waals surface area contributed by atoms with Gasteiger partial charge in [-0.2, -0.15) is 5.26 Å². The second kappa shape index (κ2) is 6.41. The van der Waals surface area contributed by atoms with Crippen molar-refractivity contribution in [2.75, 3.05) is 0 Å². The monoisotopic (exact) mass is 268 g/mol. The number of nitro groups is 1. The first-order valence-corrected chi connectivity index (χ1v) is 5.98. The molecule has 0 unspecified atom stereocenters. The summed E-state index contributed by atoms with van der Waals surface area (Å²) in [7, 11) is 0. The summed E-state index contributed by atoms with van der Waals surface area (Å²) >= 11 is 0. The number of nitrogens with zero attached hydrogens (tertiary/aromatic N) is 3. The molecule has 0 aliphatic rings. The molecule has 0 saturated heterocycles. The number of nitrogens with one attached hydrogen (secondary N) is 1. The van der Waals surface area contributed by atoms with Gasteiger partial charge in [-0.3, -0.25) is 10.1 Å². The van der Waals surface area contributed by atoms with Gasteiger partial charge in [0.05, 0.1) is 4.92 Å². The molecule has 0 radical (unpaired) electrons. The molecule has 0 amide bonds. The maximum absolute atomic E-state index is 10.7. The van der Waals surface area contributed by atoms with E-state index in [0.29, 0.717) is 18.8 Å².